The van der Waals surface area contributed by atoms with Gasteiger partial charge in [-0.2, -0.15) is 0 Å². The van der Waals surface area contributed by atoms with Gasteiger partial charge in [-0.05, 0) is 70.6 Å². The lowest BCUT2D eigenvalue weighted by Crippen LogP contribution is -2.47. The lowest BCUT2D eigenvalue weighted by atomic mass is 9.86. The van der Waals surface area contributed by atoms with Crippen LogP contribution in [0.5, 0.6) is 0 Å². The molecule has 1 saturated carbocycles. The number of nitrogens with two attached hydrogens (primary N) is 1. The van der Waals surface area contributed by atoms with Gasteiger partial charge < -0.3 is 15.7 Å². The summed E-state index contributed by atoms with van der Waals surface area (Å²) in [6.07, 6.45) is 8.71. The Morgan fingerprint density at radius 2 is 1.90 bits per heavy atom. The topological polar surface area (TPSA) is 52.7 Å². The van der Waals surface area contributed by atoms with Crippen LogP contribution in [0.15, 0.2) is 0 Å². The SMILES string of the molecule is NC1(CO)CCCC1CCN1CCC(N2CCCC2)C1. The molecule has 0 radical (unpaired) electrons. The third-order valence-electron chi connectivity index (χ3n) is 6.00. The molecule has 0 bridgehead atoms. The van der Waals surface area contributed by atoms with Crippen LogP contribution < -0.4 is 5.73 Å². The molecule has 3 atom stereocenters. The minimum atomic E-state index is -0.284. The van der Waals surface area contributed by atoms with E-state index in [9.17, 15) is 5.11 Å². The van der Waals surface area contributed by atoms with Crippen LogP contribution in [0.4, 0.5) is 0 Å². The Balaban J connectivity index is 1.43. The lowest BCUT2D eigenvalue weighted by molar-refractivity contribution is 0.145. The maximum atomic E-state index is 9.53. The highest BCUT2D eigenvalue weighted by Crippen LogP contribution is 2.36. The van der Waals surface area contributed by atoms with E-state index in [0.717, 1.165) is 12.5 Å². The molecule has 4 heteroatoms. The van der Waals surface area contributed by atoms with Gasteiger partial charge in [-0.25, -0.2) is 0 Å². The molecule has 116 valence electrons. The number of rotatable bonds is 5. The second-order valence-corrected chi connectivity index (χ2v) is 7.26. The zero-order valence-corrected chi connectivity index (χ0v) is 12.8. The van der Waals surface area contributed by atoms with Crippen LogP contribution in [0, 0.1) is 5.92 Å². The van der Waals surface area contributed by atoms with Crippen LogP contribution in [0.1, 0.15) is 44.9 Å². The summed E-state index contributed by atoms with van der Waals surface area (Å²) in [5.41, 5.74) is 6.05. The summed E-state index contributed by atoms with van der Waals surface area (Å²) in [6, 6.07) is 0.807. The van der Waals surface area contributed by atoms with Gasteiger partial charge in [0, 0.05) is 18.1 Å². The summed E-state index contributed by atoms with van der Waals surface area (Å²) in [7, 11) is 0. The van der Waals surface area contributed by atoms with Crippen molar-refractivity contribution in [1.82, 2.24) is 9.80 Å². The summed E-state index contributed by atoms with van der Waals surface area (Å²) in [5, 5.41) is 9.53. The second kappa shape index (κ2) is 6.30. The van der Waals surface area contributed by atoms with Gasteiger partial charge >= 0.3 is 0 Å². The number of hydrogen-bond acceptors (Lipinski definition) is 4. The largest absolute Gasteiger partial charge is 0.394 e. The summed E-state index contributed by atoms with van der Waals surface area (Å²) < 4.78 is 0. The molecule has 20 heavy (non-hydrogen) atoms. The Labute approximate surface area is 123 Å². The molecule has 2 saturated heterocycles. The molecule has 0 amide bonds. The zero-order chi connectivity index (χ0) is 14.0. The van der Waals surface area contributed by atoms with Crippen molar-refractivity contribution >= 4 is 0 Å². The Kier molecular flexibility index (Phi) is 4.65. The van der Waals surface area contributed by atoms with Crippen LogP contribution in [-0.4, -0.2) is 65.8 Å². The van der Waals surface area contributed by atoms with Crippen LogP contribution in [0.25, 0.3) is 0 Å². The standard InChI is InChI=1S/C16H31N3O/c17-16(13-20)7-3-4-14(16)5-10-18-11-6-15(12-18)19-8-1-2-9-19/h14-15,20H,1-13,17H2. The van der Waals surface area contributed by atoms with Crippen molar-refractivity contribution in [1.29, 1.82) is 0 Å². The van der Waals surface area contributed by atoms with Gasteiger partial charge in [-0.1, -0.05) is 6.42 Å². The van der Waals surface area contributed by atoms with E-state index < -0.39 is 0 Å². The van der Waals surface area contributed by atoms with Crippen LogP contribution in [0.2, 0.25) is 0 Å². The first-order valence-corrected chi connectivity index (χ1v) is 8.57. The molecule has 3 unspecified atom stereocenters. The smallest absolute Gasteiger partial charge is 0.0613 e. The van der Waals surface area contributed by atoms with Crippen LogP contribution in [0.3, 0.4) is 0 Å². The van der Waals surface area contributed by atoms with Gasteiger partial charge in [-0.3, -0.25) is 4.90 Å². The van der Waals surface area contributed by atoms with Crippen molar-refractivity contribution in [3.05, 3.63) is 0 Å². The Hall–Kier alpha value is -0.160. The summed E-state index contributed by atoms with van der Waals surface area (Å²) in [6.45, 7) is 6.48. The molecule has 2 aliphatic heterocycles. The van der Waals surface area contributed by atoms with E-state index in [1.54, 1.807) is 0 Å². The molecule has 4 nitrogen and oxygen atoms in total. The van der Waals surface area contributed by atoms with E-state index in [1.807, 2.05) is 0 Å². The molecule has 2 heterocycles. The minimum Gasteiger partial charge on any atom is -0.394 e. The van der Waals surface area contributed by atoms with Crippen LogP contribution >= 0.6 is 0 Å². The molecule has 3 N–H and O–H groups in total. The van der Waals surface area contributed by atoms with Gasteiger partial charge in [0.15, 0.2) is 0 Å². The molecule has 3 fully saturated rings. The van der Waals surface area contributed by atoms with Crippen molar-refractivity contribution < 1.29 is 5.11 Å². The molecule has 3 aliphatic rings. The normalized spacial score (nSPS) is 39.9. The van der Waals surface area contributed by atoms with E-state index >= 15 is 0 Å². The second-order valence-electron chi connectivity index (χ2n) is 7.26. The van der Waals surface area contributed by atoms with Crippen molar-refractivity contribution in [3.8, 4) is 0 Å². The highest BCUT2D eigenvalue weighted by Gasteiger charge is 2.39. The summed E-state index contributed by atoms with van der Waals surface area (Å²) >= 11 is 0. The highest BCUT2D eigenvalue weighted by molar-refractivity contribution is 4.96. The fourth-order valence-electron chi connectivity index (χ4n) is 4.57. The third kappa shape index (κ3) is 3.03. The average Bonchev–Trinajstić information content (AvgIpc) is 3.17. The fraction of sp³-hybridized carbons (Fsp3) is 1.00. The van der Waals surface area contributed by atoms with Gasteiger partial charge in [0.05, 0.1) is 6.61 Å². The van der Waals surface area contributed by atoms with E-state index in [1.165, 1.54) is 71.2 Å². The predicted octanol–water partition coefficient (Wildman–Crippen LogP) is 1.04. The molecule has 0 aromatic heterocycles. The first-order valence-electron chi connectivity index (χ1n) is 8.57. The van der Waals surface area contributed by atoms with Crippen molar-refractivity contribution in [3.63, 3.8) is 0 Å². The molecular formula is C16H31N3O. The number of hydrogen-bond donors (Lipinski definition) is 2. The summed E-state index contributed by atoms with van der Waals surface area (Å²) in [5.74, 6) is 0.526. The van der Waals surface area contributed by atoms with E-state index in [4.69, 9.17) is 5.73 Å². The van der Waals surface area contributed by atoms with E-state index in [2.05, 4.69) is 9.80 Å². The molecule has 0 spiro atoms. The van der Waals surface area contributed by atoms with Crippen LogP contribution in [-0.2, 0) is 0 Å². The van der Waals surface area contributed by atoms with E-state index in [0.29, 0.717) is 5.92 Å². The van der Waals surface area contributed by atoms with Crippen molar-refractivity contribution in [2.45, 2.75) is 56.5 Å². The van der Waals surface area contributed by atoms with Gasteiger partial charge in [-0.15, -0.1) is 0 Å². The minimum absolute atomic E-state index is 0.161. The van der Waals surface area contributed by atoms with Crippen molar-refractivity contribution in [2.24, 2.45) is 11.7 Å². The Bertz CT molecular complexity index is 319. The highest BCUT2D eigenvalue weighted by atomic mass is 16.3. The first kappa shape index (κ1) is 14.8. The third-order valence-corrected chi connectivity index (χ3v) is 6.00. The Morgan fingerprint density at radius 1 is 1.10 bits per heavy atom. The molecule has 3 rings (SSSR count). The molecule has 0 aromatic carbocycles. The number of nitrogens with zero attached hydrogens (tertiary/aromatic N) is 2. The van der Waals surface area contributed by atoms with Gasteiger partial charge in [0.2, 0.25) is 0 Å². The van der Waals surface area contributed by atoms with E-state index in [-0.39, 0.29) is 12.1 Å². The Morgan fingerprint density at radius 3 is 2.65 bits per heavy atom. The zero-order valence-electron chi connectivity index (χ0n) is 12.8. The fourth-order valence-corrected chi connectivity index (χ4v) is 4.57. The molecular weight excluding hydrogens is 250 g/mol. The monoisotopic (exact) mass is 281 g/mol. The van der Waals surface area contributed by atoms with Gasteiger partial charge in [0.25, 0.3) is 0 Å². The van der Waals surface area contributed by atoms with Crippen molar-refractivity contribution in [2.75, 3.05) is 39.3 Å². The first-order chi connectivity index (χ1) is 9.71. The summed E-state index contributed by atoms with van der Waals surface area (Å²) in [4.78, 5) is 5.32. The quantitative estimate of drug-likeness (QED) is 0.790. The maximum Gasteiger partial charge on any atom is 0.0613 e. The molecule has 1 aliphatic carbocycles. The predicted molar refractivity (Wildman–Crippen MR) is 81.6 cm³/mol. The van der Waals surface area contributed by atoms with Gasteiger partial charge in [0.1, 0.15) is 0 Å². The molecule has 0 aromatic rings. The number of aliphatic hydroxyl groups excluding tert-OH is 1. The maximum absolute atomic E-state index is 9.53. The average molecular weight is 281 g/mol. The number of aliphatic hydroxyl groups is 1. The lowest BCUT2D eigenvalue weighted by Gasteiger charge is -2.31. The number of likely N-dealkylation sites (tertiary alicyclic amines) is 2.